The van der Waals surface area contributed by atoms with Gasteiger partial charge in [-0.25, -0.2) is 13.2 Å². The summed E-state index contributed by atoms with van der Waals surface area (Å²) in [6, 6.07) is 12.9. The Hall–Kier alpha value is -2.62. The molecule has 2 aliphatic rings. The third kappa shape index (κ3) is 4.32. The van der Waals surface area contributed by atoms with Gasteiger partial charge in [-0.05, 0) is 49.2 Å². The number of benzene rings is 2. The fourth-order valence-electron chi connectivity index (χ4n) is 4.04. The monoisotopic (exact) mass is 478 g/mol. The molecule has 1 saturated heterocycles. The lowest BCUT2D eigenvalue weighted by Crippen LogP contribution is -2.52. The molecule has 0 aromatic heterocycles. The zero-order chi connectivity index (χ0) is 22.9. The number of rotatable bonds is 4. The smallest absolute Gasteiger partial charge is 0.348 e. The summed E-state index contributed by atoms with van der Waals surface area (Å²) in [6.07, 6.45) is 0.153. The zero-order valence-corrected chi connectivity index (χ0v) is 19.0. The Morgan fingerprint density at radius 1 is 1.09 bits per heavy atom. The number of halogens is 1. The summed E-state index contributed by atoms with van der Waals surface area (Å²) >= 11 is 5.88. The molecule has 170 valence electrons. The van der Waals surface area contributed by atoms with Gasteiger partial charge in [0.1, 0.15) is 5.75 Å². The van der Waals surface area contributed by atoms with Crippen LogP contribution in [0.1, 0.15) is 12.8 Å². The molecule has 2 atom stereocenters. The first kappa shape index (κ1) is 22.6. The maximum absolute atomic E-state index is 13.5. The molecule has 4 rings (SSSR count). The van der Waals surface area contributed by atoms with Crippen molar-refractivity contribution in [3.05, 3.63) is 53.6 Å². The summed E-state index contributed by atoms with van der Waals surface area (Å²) < 4.78 is 38.0. The van der Waals surface area contributed by atoms with Gasteiger partial charge in [-0.2, -0.15) is 4.31 Å². The Morgan fingerprint density at radius 3 is 2.53 bits per heavy atom. The lowest BCUT2D eigenvalue weighted by atomic mass is 9.97. The third-order valence-electron chi connectivity index (χ3n) is 5.69. The number of amides is 1. The summed E-state index contributed by atoms with van der Waals surface area (Å²) in [5.74, 6) is -0.960. The average molecular weight is 479 g/mol. The first-order chi connectivity index (χ1) is 15.3. The lowest BCUT2D eigenvalue weighted by Gasteiger charge is -2.38. The van der Waals surface area contributed by atoms with E-state index < -0.39 is 28.0 Å². The second-order valence-electron chi connectivity index (χ2n) is 7.70. The minimum atomic E-state index is -3.76. The van der Waals surface area contributed by atoms with Crippen LogP contribution in [0.25, 0.3) is 0 Å². The van der Waals surface area contributed by atoms with Crippen molar-refractivity contribution < 1.29 is 27.5 Å². The highest BCUT2D eigenvalue weighted by atomic mass is 35.5. The van der Waals surface area contributed by atoms with Gasteiger partial charge in [0.2, 0.25) is 22.0 Å². The van der Waals surface area contributed by atoms with Crippen LogP contribution in [0.5, 0.6) is 5.75 Å². The van der Waals surface area contributed by atoms with E-state index in [2.05, 4.69) is 0 Å². The minimum absolute atomic E-state index is 0.00293. The van der Waals surface area contributed by atoms with Crippen LogP contribution >= 0.6 is 11.6 Å². The van der Waals surface area contributed by atoms with Crippen molar-refractivity contribution >= 4 is 39.2 Å². The van der Waals surface area contributed by atoms with E-state index in [9.17, 15) is 18.0 Å². The molecule has 1 amide bonds. The predicted molar refractivity (Wildman–Crippen MR) is 118 cm³/mol. The number of nitrogens with zero attached hydrogens (tertiary/aromatic N) is 2. The van der Waals surface area contributed by atoms with Crippen LogP contribution < -0.4 is 9.64 Å². The summed E-state index contributed by atoms with van der Waals surface area (Å²) in [7, 11) is -2.50. The van der Waals surface area contributed by atoms with Crippen molar-refractivity contribution in [2.24, 2.45) is 5.92 Å². The fraction of sp³-hybridized carbons (Fsp3) is 0.364. The molecule has 2 heterocycles. The van der Waals surface area contributed by atoms with Gasteiger partial charge in [0.25, 0.3) is 0 Å². The van der Waals surface area contributed by atoms with Gasteiger partial charge in [0, 0.05) is 18.1 Å². The van der Waals surface area contributed by atoms with E-state index in [1.807, 2.05) is 0 Å². The van der Waals surface area contributed by atoms with E-state index in [0.29, 0.717) is 35.8 Å². The molecule has 10 heteroatoms. The second-order valence-corrected chi connectivity index (χ2v) is 10.1. The third-order valence-corrected chi connectivity index (χ3v) is 7.82. The largest absolute Gasteiger partial charge is 0.475 e. The molecule has 8 nitrogen and oxygen atoms in total. The summed E-state index contributed by atoms with van der Waals surface area (Å²) in [5.41, 5.74) is 0.551. The number of sulfonamides is 1. The van der Waals surface area contributed by atoms with Crippen LogP contribution in [-0.4, -0.2) is 57.4 Å². The fourth-order valence-corrected chi connectivity index (χ4v) is 5.69. The van der Waals surface area contributed by atoms with Crippen molar-refractivity contribution in [1.82, 2.24) is 4.31 Å². The van der Waals surface area contributed by atoms with E-state index in [4.69, 9.17) is 21.1 Å². The van der Waals surface area contributed by atoms with Crippen molar-refractivity contribution in [1.29, 1.82) is 0 Å². The van der Waals surface area contributed by atoms with Crippen LogP contribution in [0.4, 0.5) is 5.69 Å². The summed E-state index contributed by atoms with van der Waals surface area (Å²) in [5, 5.41) is 0.446. The minimum Gasteiger partial charge on any atom is -0.475 e. The molecule has 2 aliphatic heterocycles. The quantitative estimate of drug-likeness (QED) is 0.627. The lowest BCUT2D eigenvalue weighted by molar-refractivity contribution is -0.148. The number of anilines is 1. The number of esters is 1. The van der Waals surface area contributed by atoms with Crippen LogP contribution in [0, 0.1) is 5.92 Å². The Balaban J connectivity index is 1.57. The molecule has 2 aromatic carbocycles. The Kier molecular flexibility index (Phi) is 6.41. The number of hydrogen-bond donors (Lipinski definition) is 0. The van der Waals surface area contributed by atoms with Gasteiger partial charge in [0.05, 0.1) is 30.2 Å². The molecule has 0 saturated carbocycles. The maximum Gasteiger partial charge on any atom is 0.348 e. The molecule has 0 bridgehead atoms. The van der Waals surface area contributed by atoms with Crippen molar-refractivity contribution in [3.8, 4) is 5.75 Å². The maximum atomic E-state index is 13.5. The molecule has 0 N–H and O–H groups in total. The van der Waals surface area contributed by atoms with Gasteiger partial charge in [-0.1, -0.05) is 23.7 Å². The van der Waals surface area contributed by atoms with Crippen LogP contribution in [0.15, 0.2) is 53.4 Å². The summed E-state index contributed by atoms with van der Waals surface area (Å²) in [4.78, 5) is 27.2. The first-order valence-electron chi connectivity index (χ1n) is 10.2. The predicted octanol–water partition coefficient (Wildman–Crippen LogP) is 2.71. The molecular weight excluding hydrogens is 456 g/mol. The van der Waals surface area contributed by atoms with Gasteiger partial charge < -0.3 is 14.4 Å². The van der Waals surface area contributed by atoms with Gasteiger partial charge >= 0.3 is 5.97 Å². The van der Waals surface area contributed by atoms with E-state index in [-0.39, 0.29) is 23.9 Å². The van der Waals surface area contributed by atoms with E-state index in [1.165, 1.54) is 40.6 Å². The molecular formula is C22H23ClN2O6S. The Labute approximate surface area is 191 Å². The van der Waals surface area contributed by atoms with Crippen LogP contribution in [-0.2, 0) is 24.3 Å². The molecule has 0 radical (unpaired) electrons. The zero-order valence-electron chi connectivity index (χ0n) is 17.4. The Bertz CT molecular complexity index is 1120. The SMILES string of the molecule is COC(=O)[C@H]1CN(C(=O)[C@@H]2CCCN(S(=O)(=O)c3ccc(Cl)cc3)C2)c2ccccc2O1. The number of piperidine rings is 1. The highest BCUT2D eigenvalue weighted by Gasteiger charge is 2.40. The summed E-state index contributed by atoms with van der Waals surface area (Å²) in [6.45, 7) is 0.397. The number of carbonyl (C=O) groups excluding carboxylic acids is 2. The Morgan fingerprint density at radius 2 is 1.81 bits per heavy atom. The molecule has 32 heavy (non-hydrogen) atoms. The van der Waals surface area contributed by atoms with Crippen molar-refractivity contribution in [3.63, 3.8) is 0 Å². The number of para-hydroxylation sites is 2. The molecule has 1 fully saturated rings. The van der Waals surface area contributed by atoms with Crippen molar-refractivity contribution in [2.75, 3.05) is 31.6 Å². The highest BCUT2D eigenvalue weighted by molar-refractivity contribution is 7.89. The standard InChI is InChI=1S/C22H23ClN2O6S/c1-30-22(27)20-14-25(18-6-2-3-7-19(18)31-20)21(26)15-5-4-12-24(13-15)32(28,29)17-10-8-16(23)9-11-17/h2-3,6-11,15,20H,4-5,12-14H2,1H3/t15-,20-/m1/s1. The second kappa shape index (κ2) is 9.09. The van der Waals surface area contributed by atoms with Gasteiger partial charge in [-0.3, -0.25) is 4.79 Å². The van der Waals surface area contributed by atoms with Gasteiger partial charge in [-0.15, -0.1) is 0 Å². The van der Waals surface area contributed by atoms with E-state index in [1.54, 1.807) is 24.3 Å². The van der Waals surface area contributed by atoms with E-state index in [0.717, 1.165) is 0 Å². The number of methoxy groups -OCH3 is 1. The molecule has 0 aliphatic carbocycles. The highest BCUT2D eigenvalue weighted by Crippen LogP contribution is 2.35. The van der Waals surface area contributed by atoms with Gasteiger partial charge in [0.15, 0.2) is 0 Å². The van der Waals surface area contributed by atoms with Crippen LogP contribution in [0.3, 0.4) is 0 Å². The number of carbonyl (C=O) groups is 2. The molecule has 2 aromatic rings. The molecule has 0 spiro atoms. The molecule has 0 unspecified atom stereocenters. The number of hydrogen-bond acceptors (Lipinski definition) is 6. The topological polar surface area (TPSA) is 93.2 Å². The van der Waals surface area contributed by atoms with E-state index >= 15 is 0 Å². The van der Waals surface area contributed by atoms with Crippen molar-refractivity contribution in [2.45, 2.75) is 23.8 Å². The average Bonchev–Trinajstić information content (AvgIpc) is 2.82. The number of fused-ring (bicyclic) bond motifs is 1. The first-order valence-corrected chi connectivity index (χ1v) is 12.0. The number of ether oxygens (including phenoxy) is 2. The van der Waals surface area contributed by atoms with Crippen LogP contribution in [0.2, 0.25) is 5.02 Å². The normalized spacial score (nSPS) is 21.4.